The Bertz CT molecular complexity index is 963. The molecule has 2 aromatic carbocycles. The minimum atomic E-state index is -3.75. The number of hydrogen-bond donors (Lipinski definition) is 1. The Hall–Kier alpha value is -1.28. The number of rotatable bonds is 4. The fourth-order valence-corrected chi connectivity index (χ4v) is 5.63. The van der Waals surface area contributed by atoms with Crippen molar-refractivity contribution in [2.75, 3.05) is 11.0 Å². The summed E-state index contributed by atoms with van der Waals surface area (Å²) >= 11 is 9.16. The summed E-state index contributed by atoms with van der Waals surface area (Å²) in [5, 5.41) is 0.209. The number of aromatic nitrogens is 1. The van der Waals surface area contributed by atoms with Gasteiger partial charge in [0.05, 0.1) is 20.9 Å². The maximum absolute atomic E-state index is 12.6. The number of nitrogens with zero attached hydrogens (tertiary/aromatic N) is 1. The highest BCUT2D eigenvalue weighted by Crippen LogP contribution is 2.32. The van der Waals surface area contributed by atoms with E-state index in [0.29, 0.717) is 11.3 Å². The zero-order chi connectivity index (χ0) is 16.6. The summed E-state index contributed by atoms with van der Waals surface area (Å²) in [4.78, 5) is 4.55. The molecule has 8 heteroatoms. The number of thiazole rings is 1. The lowest BCUT2D eigenvalue weighted by atomic mass is 10.2. The van der Waals surface area contributed by atoms with E-state index in [1.54, 1.807) is 49.0 Å². The summed E-state index contributed by atoms with van der Waals surface area (Å²) in [6, 6.07) is 10.3. The molecule has 0 aliphatic rings. The van der Waals surface area contributed by atoms with Crippen molar-refractivity contribution in [3.05, 3.63) is 47.0 Å². The van der Waals surface area contributed by atoms with E-state index in [1.807, 2.05) is 12.3 Å². The van der Waals surface area contributed by atoms with Crippen LogP contribution in [0.15, 0.2) is 45.6 Å². The van der Waals surface area contributed by atoms with Gasteiger partial charge in [-0.3, -0.25) is 4.72 Å². The molecular formula is C15H13ClN2O2S3. The second kappa shape index (κ2) is 6.32. The predicted octanol–water partition coefficient (Wildman–Crippen LogP) is 4.78. The largest absolute Gasteiger partial charge is 0.280 e. The fraction of sp³-hybridized carbons (Fsp3) is 0.133. The zero-order valence-corrected chi connectivity index (χ0v) is 15.5. The molecule has 0 atom stereocenters. The molecule has 0 aliphatic carbocycles. The first-order valence-corrected chi connectivity index (χ1v) is 10.5. The smallest absolute Gasteiger partial charge is 0.263 e. The third kappa shape index (κ3) is 3.33. The SMILES string of the molecule is CSc1nc2ccc(NS(=O)(=O)c3c(C)cccc3Cl)cc2s1. The van der Waals surface area contributed by atoms with E-state index in [1.165, 1.54) is 11.3 Å². The van der Waals surface area contributed by atoms with Crippen molar-refractivity contribution in [1.29, 1.82) is 0 Å². The Morgan fingerprint density at radius 2 is 2.04 bits per heavy atom. The average molecular weight is 385 g/mol. The fourth-order valence-electron chi connectivity index (χ4n) is 2.22. The molecule has 0 aliphatic heterocycles. The van der Waals surface area contributed by atoms with Crippen LogP contribution in [0.25, 0.3) is 10.2 Å². The van der Waals surface area contributed by atoms with Crippen LogP contribution in [0.5, 0.6) is 0 Å². The van der Waals surface area contributed by atoms with E-state index in [9.17, 15) is 8.42 Å². The van der Waals surface area contributed by atoms with E-state index >= 15 is 0 Å². The Kier molecular flexibility index (Phi) is 4.55. The monoisotopic (exact) mass is 384 g/mol. The highest BCUT2D eigenvalue weighted by Gasteiger charge is 2.20. The first-order valence-electron chi connectivity index (χ1n) is 6.63. The lowest BCUT2D eigenvalue weighted by molar-refractivity contribution is 0.600. The number of thioether (sulfide) groups is 1. The molecule has 120 valence electrons. The molecule has 0 amide bonds. The van der Waals surface area contributed by atoms with Gasteiger partial charge < -0.3 is 0 Å². The maximum atomic E-state index is 12.6. The van der Waals surface area contributed by atoms with Gasteiger partial charge in [-0.05, 0) is 43.0 Å². The summed E-state index contributed by atoms with van der Waals surface area (Å²) in [6.45, 7) is 1.72. The minimum absolute atomic E-state index is 0.107. The number of benzene rings is 2. The van der Waals surface area contributed by atoms with Gasteiger partial charge in [-0.1, -0.05) is 35.5 Å². The summed E-state index contributed by atoms with van der Waals surface area (Å²) in [5.41, 5.74) is 1.96. The highest BCUT2D eigenvalue weighted by molar-refractivity contribution is 8.00. The van der Waals surface area contributed by atoms with Crippen LogP contribution >= 0.6 is 34.7 Å². The van der Waals surface area contributed by atoms with Gasteiger partial charge in [0.1, 0.15) is 4.90 Å². The normalized spacial score (nSPS) is 11.8. The second-order valence-electron chi connectivity index (χ2n) is 4.86. The Morgan fingerprint density at radius 1 is 1.26 bits per heavy atom. The number of aryl methyl sites for hydroxylation is 1. The number of hydrogen-bond acceptors (Lipinski definition) is 5. The molecule has 3 rings (SSSR count). The maximum Gasteiger partial charge on any atom is 0.263 e. The molecule has 4 nitrogen and oxygen atoms in total. The molecule has 1 aromatic heterocycles. The van der Waals surface area contributed by atoms with Gasteiger partial charge in [0, 0.05) is 0 Å². The van der Waals surface area contributed by atoms with Gasteiger partial charge >= 0.3 is 0 Å². The molecule has 0 fully saturated rings. The molecule has 0 unspecified atom stereocenters. The number of sulfonamides is 1. The molecule has 0 saturated heterocycles. The molecular weight excluding hydrogens is 372 g/mol. The molecule has 1 N–H and O–H groups in total. The molecule has 0 bridgehead atoms. The van der Waals surface area contributed by atoms with E-state index in [0.717, 1.165) is 14.6 Å². The van der Waals surface area contributed by atoms with Crippen LogP contribution in [0.2, 0.25) is 5.02 Å². The van der Waals surface area contributed by atoms with Crippen LogP contribution in [0.1, 0.15) is 5.56 Å². The van der Waals surface area contributed by atoms with E-state index in [4.69, 9.17) is 11.6 Å². The first kappa shape index (κ1) is 16.6. The standard InChI is InChI=1S/C15H13ClN2O2S3/c1-9-4-3-5-11(16)14(9)23(19,20)18-10-6-7-12-13(8-10)22-15(17-12)21-2/h3-8,18H,1-2H3. The summed E-state index contributed by atoms with van der Waals surface area (Å²) in [6.07, 6.45) is 1.96. The van der Waals surface area contributed by atoms with Gasteiger partial charge in [-0.15, -0.1) is 11.3 Å². The molecule has 0 saturated carbocycles. The van der Waals surface area contributed by atoms with Gasteiger partial charge in [0.15, 0.2) is 4.34 Å². The highest BCUT2D eigenvalue weighted by atomic mass is 35.5. The van der Waals surface area contributed by atoms with Gasteiger partial charge in [0.2, 0.25) is 0 Å². The molecule has 3 aromatic rings. The van der Waals surface area contributed by atoms with Crippen LogP contribution in [0, 0.1) is 6.92 Å². The van der Waals surface area contributed by atoms with Crippen molar-refractivity contribution in [2.45, 2.75) is 16.2 Å². The summed E-state index contributed by atoms with van der Waals surface area (Å²) in [5.74, 6) is 0. The quantitative estimate of drug-likeness (QED) is 0.657. The number of halogens is 1. The minimum Gasteiger partial charge on any atom is -0.280 e. The van der Waals surface area contributed by atoms with Gasteiger partial charge in [0.25, 0.3) is 10.0 Å². The second-order valence-corrected chi connectivity index (χ2v) is 8.97. The Balaban J connectivity index is 2.00. The summed E-state index contributed by atoms with van der Waals surface area (Å²) in [7, 11) is -3.75. The zero-order valence-electron chi connectivity index (χ0n) is 12.3. The van der Waals surface area contributed by atoms with E-state index < -0.39 is 10.0 Å². The topological polar surface area (TPSA) is 59.1 Å². The molecule has 0 spiro atoms. The number of fused-ring (bicyclic) bond motifs is 1. The van der Waals surface area contributed by atoms with Crippen molar-refractivity contribution < 1.29 is 8.42 Å². The number of nitrogens with one attached hydrogen (secondary N) is 1. The van der Waals surface area contributed by atoms with Gasteiger partial charge in [-0.25, -0.2) is 13.4 Å². The van der Waals surface area contributed by atoms with Crippen molar-refractivity contribution in [3.8, 4) is 0 Å². The molecule has 23 heavy (non-hydrogen) atoms. The van der Waals surface area contributed by atoms with Crippen LogP contribution in [-0.2, 0) is 10.0 Å². The van der Waals surface area contributed by atoms with E-state index in [-0.39, 0.29) is 9.92 Å². The van der Waals surface area contributed by atoms with Crippen LogP contribution in [-0.4, -0.2) is 19.7 Å². The van der Waals surface area contributed by atoms with Crippen molar-refractivity contribution >= 4 is 60.6 Å². The summed E-state index contributed by atoms with van der Waals surface area (Å²) < 4.78 is 29.7. The van der Waals surface area contributed by atoms with E-state index in [2.05, 4.69) is 9.71 Å². The molecule has 0 radical (unpaired) electrons. The average Bonchev–Trinajstić information content (AvgIpc) is 2.88. The van der Waals surface area contributed by atoms with Crippen LogP contribution < -0.4 is 4.72 Å². The van der Waals surface area contributed by atoms with Crippen LogP contribution in [0.4, 0.5) is 5.69 Å². The van der Waals surface area contributed by atoms with Crippen molar-refractivity contribution in [2.24, 2.45) is 0 Å². The number of anilines is 1. The first-order chi connectivity index (χ1) is 10.9. The third-order valence-electron chi connectivity index (χ3n) is 3.23. The lowest BCUT2D eigenvalue weighted by Gasteiger charge is -2.11. The third-order valence-corrected chi connectivity index (χ3v) is 7.24. The Labute approximate surface area is 147 Å². The molecule has 1 heterocycles. The Morgan fingerprint density at radius 3 is 2.74 bits per heavy atom. The lowest BCUT2D eigenvalue weighted by Crippen LogP contribution is -2.14. The predicted molar refractivity (Wildman–Crippen MR) is 98.4 cm³/mol. The van der Waals surface area contributed by atoms with Gasteiger partial charge in [-0.2, -0.15) is 0 Å². The van der Waals surface area contributed by atoms with Crippen molar-refractivity contribution in [3.63, 3.8) is 0 Å². The van der Waals surface area contributed by atoms with Crippen LogP contribution in [0.3, 0.4) is 0 Å². The van der Waals surface area contributed by atoms with Crippen molar-refractivity contribution in [1.82, 2.24) is 4.98 Å².